The van der Waals surface area contributed by atoms with E-state index in [1.807, 2.05) is 11.3 Å². The Balaban J connectivity index is 1.73. The zero-order valence-electron chi connectivity index (χ0n) is 15.1. The third kappa shape index (κ3) is 2.50. The number of unbranched alkanes of at least 4 members (excludes halogenated alkanes) is 2. The van der Waals surface area contributed by atoms with Crippen molar-refractivity contribution in [3.05, 3.63) is 72.3 Å². The highest BCUT2D eigenvalue weighted by atomic mass is 32.1. The topological polar surface area (TPSA) is 0 Å². The summed E-state index contributed by atoms with van der Waals surface area (Å²) in [7, 11) is 0. The number of fused-ring (bicyclic) bond motifs is 7. The molecule has 128 valence electrons. The van der Waals surface area contributed by atoms with Gasteiger partial charge in [-0.25, -0.2) is 0 Å². The summed E-state index contributed by atoms with van der Waals surface area (Å²) < 4.78 is 2.76. The van der Waals surface area contributed by atoms with Gasteiger partial charge in [0, 0.05) is 20.2 Å². The van der Waals surface area contributed by atoms with Crippen LogP contribution < -0.4 is 0 Å². The Bertz CT molecular complexity index is 1240. The van der Waals surface area contributed by atoms with Gasteiger partial charge in [-0.1, -0.05) is 74.4 Å². The molecule has 0 aliphatic carbocycles. The third-order valence-electron chi connectivity index (χ3n) is 5.49. The number of hydrogen-bond donors (Lipinski definition) is 0. The van der Waals surface area contributed by atoms with Gasteiger partial charge in [0.15, 0.2) is 0 Å². The van der Waals surface area contributed by atoms with Gasteiger partial charge in [0.2, 0.25) is 0 Å². The fourth-order valence-corrected chi connectivity index (χ4v) is 5.28. The fourth-order valence-electron chi connectivity index (χ4n) is 4.15. The highest BCUT2D eigenvalue weighted by Crippen LogP contribution is 2.40. The third-order valence-corrected chi connectivity index (χ3v) is 6.62. The lowest BCUT2D eigenvalue weighted by Crippen LogP contribution is -1.86. The van der Waals surface area contributed by atoms with Crippen LogP contribution in [0, 0.1) is 0 Å². The molecule has 26 heavy (non-hydrogen) atoms. The maximum absolute atomic E-state index is 2.39. The highest BCUT2D eigenvalue weighted by Gasteiger charge is 2.10. The van der Waals surface area contributed by atoms with E-state index in [9.17, 15) is 0 Å². The fraction of sp³-hybridized carbons (Fsp3) is 0.200. The number of thiophene rings is 1. The van der Waals surface area contributed by atoms with E-state index in [0.29, 0.717) is 0 Å². The van der Waals surface area contributed by atoms with Crippen LogP contribution in [0.1, 0.15) is 31.7 Å². The SMILES string of the molecule is CCCCCc1ccc2c(ccc3c2ccc2sc4ccccc4c23)c1. The van der Waals surface area contributed by atoms with Gasteiger partial charge in [0.05, 0.1) is 0 Å². The molecule has 0 saturated carbocycles. The van der Waals surface area contributed by atoms with E-state index in [2.05, 4.69) is 73.7 Å². The number of rotatable bonds is 4. The van der Waals surface area contributed by atoms with Crippen LogP contribution in [0.4, 0.5) is 0 Å². The molecule has 0 amide bonds. The van der Waals surface area contributed by atoms with E-state index >= 15 is 0 Å². The predicted octanol–water partition coefficient (Wildman–Crippen LogP) is 8.09. The van der Waals surface area contributed by atoms with Crippen molar-refractivity contribution in [2.45, 2.75) is 32.6 Å². The molecule has 0 aliphatic rings. The van der Waals surface area contributed by atoms with E-state index in [1.54, 1.807) is 0 Å². The smallest absolute Gasteiger partial charge is 0.0361 e. The molecule has 5 rings (SSSR count). The summed E-state index contributed by atoms with van der Waals surface area (Å²) in [6.07, 6.45) is 5.08. The Morgan fingerprint density at radius 2 is 1.54 bits per heavy atom. The lowest BCUT2D eigenvalue weighted by molar-refractivity contribution is 0.718. The van der Waals surface area contributed by atoms with Crippen LogP contribution in [0.5, 0.6) is 0 Å². The van der Waals surface area contributed by atoms with Crippen LogP contribution in [0.3, 0.4) is 0 Å². The molecular formula is C25H22S. The lowest BCUT2D eigenvalue weighted by Gasteiger charge is -2.08. The molecule has 0 nitrogen and oxygen atoms in total. The predicted molar refractivity (Wildman–Crippen MR) is 118 cm³/mol. The summed E-state index contributed by atoms with van der Waals surface area (Å²) in [4.78, 5) is 0. The number of hydrogen-bond acceptors (Lipinski definition) is 1. The Labute approximate surface area is 158 Å². The quantitative estimate of drug-likeness (QED) is 0.226. The van der Waals surface area contributed by atoms with Crippen molar-refractivity contribution in [3.8, 4) is 0 Å². The van der Waals surface area contributed by atoms with Gasteiger partial charge in [-0.3, -0.25) is 0 Å². The Morgan fingerprint density at radius 3 is 2.46 bits per heavy atom. The van der Waals surface area contributed by atoms with Gasteiger partial charge in [0.1, 0.15) is 0 Å². The molecule has 1 aromatic heterocycles. The van der Waals surface area contributed by atoms with Crippen molar-refractivity contribution < 1.29 is 0 Å². The van der Waals surface area contributed by atoms with Gasteiger partial charge in [-0.05, 0) is 52.1 Å². The first kappa shape index (κ1) is 15.8. The van der Waals surface area contributed by atoms with Gasteiger partial charge in [0.25, 0.3) is 0 Å². The van der Waals surface area contributed by atoms with Crippen molar-refractivity contribution in [1.82, 2.24) is 0 Å². The molecule has 1 heteroatoms. The first-order valence-corrected chi connectivity index (χ1v) is 10.4. The van der Waals surface area contributed by atoms with Crippen LogP contribution >= 0.6 is 11.3 Å². The molecule has 4 aromatic carbocycles. The van der Waals surface area contributed by atoms with E-state index in [0.717, 1.165) is 0 Å². The zero-order chi connectivity index (χ0) is 17.5. The molecule has 0 saturated heterocycles. The second-order valence-electron chi connectivity index (χ2n) is 7.21. The van der Waals surface area contributed by atoms with Crippen LogP contribution in [-0.2, 0) is 6.42 Å². The van der Waals surface area contributed by atoms with E-state index in [4.69, 9.17) is 0 Å². The molecule has 0 spiro atoms. The molecule has 0 N–H and O–H groups in total. The summed E-state index contributed by atoms with van der Waals surface area (Å²) in [5.74, 6) is 0. The summed E-state index contributed by atoms with van der Waals surface area (Å²) in [6.45, 7) is 2.27. The first-order valence-electron chi connectivity index (χ1n) is 9.61. The van der Waals surface area contributed by atoms with Gasteiger partial charge in [-0.15, -0.1) is 11.3 Å². The van der Waals surface area contributed by atoms with Gasteiger partial charge in [-0.2, -0.15) is 0 Å². The van der Waals surface area contributed by atoms with Crippen molar-refractivity contribution in [2.75, 3.05) is 0 Å². The number of benzene rings is 4. The second kappa shape index (κ2) is 6.41. The molecular weight excluding hydrogens is 332 g/mol. The normalized spacial score (nSPS) is 11.9. The van der Waals surface area contributed by atoms with Crippen LogP contribution in [-0.4, -0.2) is 0 Å². The maximum atomic E-state index is 2.39. The second-order valence-corrected chi connectivity index (χ2v) is 8.29. The summed E-state index contributed by atoms with van der Waals surface area (Å²) in [5, 5.41) is 8.29. The minimum Gasteiger partial charge on any atom is -0.135 e. The molecule has 0 bridgehead atoms. The van der Waals surface area contributed by atoms with E-state index in [1.165, 1.54) is 73.0 Å². The molecule has 0 fully saturated rings. The largest absolute Gasteiger partial charge is 0.135 e. The van der Waals surface area contributed by atoms with Crippen molar-refractivity contribution >= 4 is 53.1 Å². The van der Waals surface area contributed by atoms with Crippen molar-refractivity contribution in [2.24, 2.45) is 0 Å². The van der Waals surface area contributed by atoms with E-state index in [-0.39, 0.29) is 0 Å². The monoisotopic (exact) mass is 354 g/mol. The van der Waals surface area contributed by atoms with Crippen molar-refractivity contribution in [1.29, 1.82) is 0 Å². The Kier molecular flexibility index (Phi) is 3.90. The highest BCUT2D eigenvalue weighted by molar-refractivity contribution is 7.26. The zero-order valence-corrected chi connectivity index (χ0v) is 15.9. The molecule has 5 aromatic rings. The van der Waals surface area contributed by atoms with Crippen LogP contribution in [0.25, 0.3) is 41.7 Å². The minimum absolute atomic E-state index is 1.19. The van der Waals surface area contributed by atoms with Crippen LogP contribution in [0.2, 0.25) is 0 Å². The molecule has 1 heterocycles. The number of aryl methyl sites for hydroxylation is 1. The molecule has 0 aliphatic heterocycles. The molecule has 0 radical (unpaired) electrons. The first-order chi connectivity index (χ1) is 12.8. The average Bonchev–Trinajstić information content (AvgIpc) is 3.06. The summed E-state index contributed by atoms with van der Waals surface area (Å²) in [6, 6.07) is 25.1. The van der Waals surface area contributed by atoms with Gasteiger partial charge >= 0.3 is 0 Å². The van der Waals surface area contributed by atoms with Gasteiger partial charge < -0.3 is 0 Å². The summed E-state index contributed by atoms with van der Waals surface area (Å²) in [5.41, 5.74) is 1.47. The molecule has 0 atom stereocenters. The average molecular weight is 355 g/mol. The maximum Gasteiger partial charge on any atom is 0.0361 e. The standard InChI is InChI=1S/C25H22S/c1-2-3-4-7-17-10-12-19-18(16-17)11-13-21-20(19)14-15-24-25(21)22-8-5-6-9-23(22)26-24/h5-6,8-16H,2-4,7H2,1H3. The van der Waals surface area contributed by atoms with E-state index < -0.39 is 0 Å². The minimum atomic E-state index is 1.19. The Morgan fingerprint density at radius 1 is 0.692 bits per heavy atom. The van der Waals surface area contributed by atoms with Crippen LogP contribution in [0.15, 0.2) is 66.7 Å². The summed E-state index contributed by atoms with van der Waals surface area (Å²) >= 11 is 1.90. The molecule has 0 unspecified atom stereocenters. The van der Waals surface area contributed by atoms with Crippen molar-refractivity contribution in [3.63, 3.8) is 0 Å². The lowest BCUT2D eigenvalue weighted by atomic mass is 9.96. The Hall–Kier alpha value is -2.38.